The van der Waals surface area contributed by atoms with Gasteiger partial charge in [-0.3, -0.25) is 9.52 Å². The topological polar surface area (TPSA) is 98.1 Å². The summed E-state index contributed by atoms with van der Waals surface area (Å²) < 4.78 is 46.6. The fourth-order valence-electron chi connectivity index (χ4n) is 4.08. The van der Waals surface area contributed by atoms with Gasteiger partial charge in [-0.2, -0.15) is 0 Å². The molecule has 0 radical (unpaired) electrons. The van der Waals surface area contributed by atoms with Crippen molar-refractivity contribution in [1.82, 2.24) is 4.90 Å². The predicted octanol–water partition coefficient (Wildman–Crippen LogP) is 3.95. The molecule has 176 valence electrons. The number of aryl methyl sites for hydroxylation is 3. The lowest BCUT2D eigenvalue weighted by Crippen LogP contribution is -2.40. The second-order valence-electron chi connectivity index (χ2n) is 8.29. The highest BCUT2D eigenvalue weighted by Crippen LogP contribution is 2.37. The Morgan fingerprint density at radius 1 is 1.06 bits per heavy atom. The third-order valence-electron chi connectivity index (χ3n) is 6.05. The molecular weight excluding hydrogens is 444 g/mol. The fraction of sp³-hybridized carbons (Fsp3) is 0.375. The number of benzene rings is 2. The smallest absolute Gasteiger partial charge is 0.290 e. The number of ether oxygens (including phenoxy) is 2. The zero-order valence-electron chi connectivity index (χ0n) is 19.4. The second-order valence-corrected chi connectivity index (χ2v) is 9.91. The lowest BCUT2D eigenvalue weighted by molar-refractivity contribution is 0.0283. The predicted molar refractivity (Wildman–Crippen MR) is 126 cm³/mol. The molecule has 3 aromatic rings. The average Bonchev–Trinajstić information content (AvgIpc) is 3.09. The first-order valence-electron chi connectivity index (χ1n) is 10.7. The molecule has 8 nitrogen and oxygen atoms in total. The van der Waals surface area contributed by atoms with E-state index in [9.17, 15) is 13.2 Å². The number of sulfonamides is 1. The molecule has 0 atom stereocenters. The number of anilines is 1. The number of methoxy groups -OCH3 is 1. The van der Waals surface area contributed by atoms with Gasteiger partial charge in [0.25, 0.3) is 15.9 Å². The van der Waals surface area contributed by atoms with Gasteiger partial charge in [0.2, 0.25) is 0 Å². The van der Waals surface area contributed by atoms with Gasteiger partial charge >= 0.3 is 0 Å². The van der Waals surface area contributed by atoms with Gasteiger partial charge < -0.3 is 18.8 Å². The number of carbonyl (C=O) groups excluding carboxylic acids is 1. The van der Waals surface area contributed by atoms with Crippen LogP contribution in [0.3, 0.4) is 0 Å². The highest BCUT2D eigenvalue weighted by Gasteiger charge is 2.30. The van der Waals surface area contributed by atoms with Crippen LogP contribution in [0.4, 0.5) is 5.69 Å². The monoisotopic (exact) mass is 472 g/mol. The number of nitrogens with zero attached hydrogens (tertiary/aromatic N) is 1. The molecule has 33 heavy (non-hydrogen) atoms. The zero-order valence-corrected chi connectivity index (χ0v) is 20.3. The Bertz CT molecular complexity index is 1340. The van der Waals surface area contributed by atoms with Crippen LogP contribution in [0.1, 0.15) is 32.8 Å². The van der Waals surface area contributed by atoms with E-state index in [0.29, 0.717) is 54.3 Å². The Balaban J connectivity index is 1.86. The van der Waals surface area contributed by atoms with Crippen LogP contribution in [0.5, 0.6) is 5.75 Å². The first kappa shape index (κ1) is 23.1. The number of amides is 1. The van der Waals surface area contributed by atoms with Crippen LogP contribution in [0.15, 0.2) is 33.6 Å². The lowest BCUT2D eigenvalue weighted by Gasteiger charge is -2.26. The van der Waals surface area contributed by atoms with Gasteiger partial charge in [-0.25, -0.2) is 8.42 Å². The fourth-order valence-corrected chi connectivity index (χ4v) is 5.59. The number of nitrogens with one attached hydrogen (secondary N) is 1. The molecule has 0 aliphatic carbocycles. The maximum absolute atomic E-state index is 13.6. The standard InChI is InChI=1S/C24H28N2O6S/c1-14-6-7-20(30-5)19(12-14)25-33(28,29)23-16(3)15(2)13-18-17(4)21(32-22(18)23)24(27)26-8-10-31-11-9-26/h6-7,12-13,25H,8-11H2,1-5H3. The van der Waals surface area contributed by atoms with Crippen molar-refractivity contribution >= 4 is 32.6 Å². The first-order chi connectivity index (χ1) is 15.6. The molecule has 0 spiro atoms. The summed E-state index contributed by atoms with van der Waals surface area (Å²) in [5.74, 6) is 0.296. The number of fused-ring (bicyclic) bond motifs is 1. The molecule has 4 rings (SSSR count). The number of carbonyl (C=O) groups is 1. The van der Waals surface area contributed by atoms with Crippen molar-refractivity contribution in [1.29, 1.82) is 0 Å². The van der Waals surface area contributed by atoms with Crippen molar-refractivity contribution in [2.45, 2.75) is 32.6 Å². The molecule has 9 heteroatoms. The van der Waals surface area contributed by atoms with Gasteiger partial charge in [-0.15, -0.1) is 0 Å². The van der Waals surface area contributed by atoms with Gasteiger partial charge in [-0.05, 0) is 62.6 Å². The third-order valence-corrected chi connectivity index (χ3v) is 7.57. The molecule has 1 amide bonds. The normalized spacial score (nSPS) is 14.5. The third kappa shape index (κ3) is 4.18. The molecule has 1 saturated heterocycles. The summed E-state index contributed by atoms with van der Waals surface area (Å²) in [7, 11) is -2.58. The summed E-state index contributed by atoms with van der Waals surface area (Å²) in [5, 5.41) is 0.603. The van der Waals surface area contributed by atoms with E-state index in [0.717, 1.165) is 11.1 Å². The van der Waals surface area contributed by atoms with E-state index < -0.39 is 10.0 Å². The van der Waals surface area contributed by atoms with E-state index in [-0.39, 0.29) is 22.1 Å². The minimum atomic E-state index is -4.07. The van der Waals surface area contributed by atoms with Crippen LogP contribution in [-0.2, 0) is 14.8 Å². The minimum Gasteiger partial charge on any atom is -0.495 e. The SMILES string of the molecule is COc1ccc(C)cc1NS(=O)(=O)c1c(C)c(C)cc2c(C)c(C(=O)N3CCOCC3)oc12. The van der Waals surface area contributed by atoms with Crippen LogP contribution >= 0.6 is 0 Å². The summed E-state index contributed by atoms with van der Waals surface area (Å²) >= 11 is 0. The van der Waals surface area contributed by atoms with Gasteiger partial charge in [0, 0.05) is 24.0 Å². The van der Waals surface area contributed by atoms with E-state index in [2.05, 4.69) is 4.72 Å². The van der Waals surface area contributed by atoms with E-state index in [4.69, 9.17) is 13.9 Å². The molecule has 1 N–H and O–H groups in total. The first-order valence-corrected chi connectivity index (χ1v) is 12.2. The number of hydrogen-bond donors (Lipinski definition) is 1. The largest absolute Gasteiger partial charge is 0.495 e. The molecule has 0 saturated carbocycles. The summed E-state index contributed by atoms with van der Waals surface area (Å²) in [4.78, 5) is 14.8. The molecule has 1 aromatic heterocycles. The number of rotatable bonds is 5. The van der Waals surface area contributed by atoms with Crippen molar-refractivity contribution in [3.63, 3.8) is 0 Å². The van der Waals surface area contributed by atoms with E-state index >= 15 is 0 Å². The Kier molecular flexibility index (Phi) is 6.11. The van der Waals surface area contributed by atoms with Gasteiger partial charge in [0.15, 0.2) is 11.3 Å². The quantitative estimate of drug-likeness (QED) is 0.604. The Hall–Kier alpha value is -3.04. The summed E-state index contributed by atoms with van der Waals surface area (Å²) in [5.41, 5.74) is 3.35. The summed E-state index contributed by atoms with van der Waals surface area (Å²) in [6.07, 6.45) is 0. The van der Waals surface area contributed by atoms with Gasteiger partial charge in [0.1, 0.15) is 10.6 Å². The highest BCUT2D eigenvalue weighted by molar-refractivity contribution is 7.93. The lowest BCUT2D eigenvalue weighted by atomic mass is 10.0. The highest BCUT2D eigenvalue weighted by atomic mass is 32.2. The van der Waals surface area contributed by atoms with Crippen molar-refractivity contribution in [2.24, 2.45) is 0 Å². The molecule has 1 fully saturated rings. The summed E-state index contributed by atoms with van der Waals surface area (Å²) in [6.45, 7) is 9.08. The number of furan rings is 1. The van der Waals surface area contributed by atoms with E-state index in [1.54, 1.807) is 30.9 Å². The number of morpholine rings is 1. The molecular formula is C24H28N2O6S. The van der Waals surface area contributed by atoms with Crippen LogP contribution in [-0.4, -0.2) is 52.6 Å². The maximum Gasteiger partial charge on any atom is 0.290 e. The number of hydrogen-bond acceptors (Lipinski definition) is 6. The summed E-state index contributed by atoms with van der Waals surface area (Å²) in [6, 6.07) is 7.12. The second kappa shape index (κ2) is 8.72. The molecule has 1 aliphatic heterocycles. The molecule has 0 bridgehead atoms. The maximum atomic E-state index is 13.6. The van der Waals surface area contributed by atoms with E-state index in [1.807, 2.05) is 26.0 Å². The molecule has 1 aliphatic rings. The van der Waals surface area contributed by atoms with E-state index in [1.165, 1.54) is 7.11 Å². The Morgan fingerprint density at radius 3 is 2.42 bits per heavy atom. The van der Waals surface area contributed by atoms with Crippen molar-refractivity contribution in [3.05, 3.63) is 52.3 Å². The average molecular weight is 473 g/mol. The van der Waals surface area contributed by atoms with Gasteiger partial charge in [-0.1, -0.05) is 6.07 Å². The van der Waals surface area contributed by atoms with Crippen molar-refractivity contribution in [3.8, 4) is 5.75 Å². The van der Waals surface area contributed by atoms with Gasteiger partial charge in [0.05, 0.1) is 26.0 Å². The Morgan fingerprint density at radius 2 is 1.76 bits per heavy atom. The van der Waals surface area contributed by atoms with Crippen LogP contribution in [0.25, 0.3) is 11.0 Å². The molecule has 0 unspecified atom stereocenters. The van der Waals surface area contributed by atoms with Crippen LogP contribution < -0.4 is 9.46 Å². The van der Waals surface area contributed by atoms with Crippen molar-refractivity contribution in [2.75, 3.05) is 38.1 Å². The van der Waals surface area contributed by atoms with Crippen molar-refractivity contribution < 1.29 is 27.1 Å². The zero-order chi connectivity index (χ0) is 23.9. The Labute approximate surface area is 193 Å². The van der Waals surface area contributed by atoms with Crippen LogP contribution in [0.2, 0.25) is 0 Å². The minimum absolute atomic E-state index is 0.0187. The molecule has 2 aromatic carbocycles. The molecule has 2 heterocycles. The van der Waals surface area contributed by atoms with Crippen LogP contribution in [0, 0.1) is 27.7 Å².